The summed E-state index contributed by atoms with van der Waals surface area (Å²) in [6.07, 6.45) is 1.53. The number of nitrogens with two attached hydrogens (primary N) is 1. The van der Waals surface area contributed by atoms with Gasteiger partial charge in [-0.3, -0.25) is 4.79 Å². The Balaban J connectivity index is 2.51. The van der Waals surface area contributed by atoms with Gasteiger partial charge in [0.1, 0.15) is 17.3 Å². The standard InChI is InChI=1S/C17H22N4O3/c1-9(2)12-6-15(23-5)13(21-11(4)22)7-14(12)24-16-8-19-10(3)20-17(16)18/h6-9H,1-5H3,(H,21,22)(H2,18,19,20). The summed E-state index contributed by atoms with van der Waals surface area (Å²) < 4.78 is 11.3. The molecule has 0 atom stereocenters. The van der Waals surface area contributed by atoms with Crippen LogP contribution in [0.2, 0.25) is 0 Å². The minimum atomic E-state index is -0.199. The molecule has 1 aromatic heterocycles. The lowest BCUT2D eigenvalue weighted by Crippen LogP contribution is -2.08. The van der Waals surface area contributed by atoms with Gasteiger partial charge in [0.15, 0.2) is 11.6 Å². The molecule has 0 spiro atoms. The van der Waals surface area contributed by atoms with Crippen LogP contribution in [0.4, 0.5) is 11.5 Å². The zero-order chi connectivity index (χ0) is 17.9. The van der Waals surface area contributed by atoms with E-state index in [-0.39, 0.29) is 17.6 Å². The van der Waals surface area contributed by atoms with Crippen LogP contribution in [0, 0.1) is 6.92 Å². The largest absolute Gasteiger partial charge is 0.495 e. The molecule has 0 saturated heterocycles. The first kappa shape index (κ1) is 17.5. The van der Waals surface area contributed by atoms with Crippen molar-refractivity contribution in [2.24, 2.45) is 0 Å². The van der Waals surface area contributed by atoms with Crippen molar-refractivity contribution in [3.8, 4) is 17.2 Å². The summed E-state index contributed by atoms with van der Waals surface area (Å²) in [5.74, 6) is 2.29. The van der Waals surface area contributed by atoms with Gasteiger partial charge in [-0.2, -0.15) is 0 Å². The minimum absolute atomic E-state index is 0.174. The quantitative estimate of drug-likeness (QED) is 0.873. The highest BCUT2D eigenvalue weighted by molar-refractivity contribution is 5.91. The van der Waals surface area contributed by atoms with Crippen molar-refractivity contribution in [2.45, 2.75) is 33.6 Å². The van der Waals surface area contributed by atoms with E-state index in [0.717, 1.165) is 5.56 Å². The number of nitrogens with one attached hydrogen (secondary N) is 1. The van der Waals surface area contributed by atoms with E-state index in [1.54, 1.807) is 20.1 Å². The first-order valence-electron chi connectivity index (χ1n) is 7.58. The molecule has 1 aromatic carbocycles. The van der Waals surface area contributed by atoms with Gasteiger partial charge in [0.2, 0.25) is 5.91 Å². The van der Waals surface area contributed by atoms with Gasteiger partial charge < -0.3 is 20.5 Å². The van der Waals surface area contributed by atoms with Crippen molar-refractivity contribution >= 4 is 17.4 Å². The van der Waals surface area contributed by atoms with Gasteiger partial charge in [-0.25, -0.2) is 9.97 Å². The van der Waals surface area contributed by atoms with Crippen LogP contribution in [-0.2, 0) is 4.79 Å². The molecule has 0 unspecified atom stereocenters. The van der Waals surface area contributed by atoms with Crippen LogP contribution >= 0.6 is 0 Å². The molecule has 2 aromatic rings. The molecule has 1 amide bonds. The van der Waals surface area contributed by atoms with Gasteiger partial charge in [-0.15, -0.1) is 0 Å². The number of aromatic nitrogens is 2. The number of carbonyl (C=O) groups is 1. The third kappa shape index (κ3) is 3.92. The molecule has 0 bridgehead atoms. The third-order valence-corrected chi connectivity index (χ3v) is 3.39. The molecule has 1 heterocycles. The molecule has 0 aliphatic carbocycles. The van der Waals surface area contributed by atoms with Crippen molar-refractivity contribution in [1.82, 2.24) is 9.97 Å². The van der Waals surface area contributed by atoms with Gasteiger partial charge >= 0.3 is 0 Å². The molecule has 0 aliphatic rings. The zero-order valence-electron chi connectivity index (χ0n) is 14.5. The molecule has 7 nitrogen and oxygen atoms in total. The van der Waals surface area contributed by atoms with E-state index in [4.69, 9.17) is 15.2 Å². The fourth-order valence-corrected chi connectivity index (χ4v) is 2.25. The Morgan fingerprint density at radius 1 is 1.25 bits per heavy atom. The Morgan fingerprint density at radius 3 is 2.50 bits per heavy atom. The molecule has 128 valence electrons. The van der Waals surface area contributed by atoms with E-state index in [0.29, 0.717) is 28.8 Å². The second-order valence-corrected chi connectivity index (χ2v) is 5.69. The maximum atomic E-state index is 11.4. The summed E-state index contributed by atoms with van der Waals surface area (Å²) in [6.45, 7) is 7.26. The number of amides is 1. The van der Waals surface area contributed by atoms with Crippen LogP contribution in [0.1, 0.15) is 38.1 Å². The molecule has 3 N–H and O–H groups in total. The number of aryl methyl sites for hydroxylation is 1. The van der Waals surface area contributed by atoms with Gasteiger partial charge in [-0.05, 0) is 18.9 Å². The number of anilines is 2. The van der Waals surface area contributed by atoms with E-state index < -0.39 is 0 Å². The lowest BCUT2D eigenvalue weighted by Gasteiger charge is -2.18. The van der Waals surface area contributed by atoms with Crippen LogP contribution in [0.15, 0.2) is 18.3 Å². The van der Waals surface area contributed by atoms with Gasteiger partial charge in [0.25, 0.3) is 0 Å². The molecular formula is C17H22N4O3. The van der Waals surface area contributed by atoms with Gasteiger partial charge in [0.05, 0.1) is 19.0 Å². The highest BCUT2D eigenvalue weighted by Gasteiger charge is 2.17. The molecule has 24 heavy (non-hydrogen) atoms. The highest BCUT2D eigenvalue weighted by atomic mass is 16.5. The van der Waals surface area contributed by atoms with E-state index in [1.807, 2.05) is 19.9 Å². The average molecular weight is 330 g/mol. The first-order valence-corrected chi connectivity index (χ1v) is 7.58. The van der Waals surface area contributed by atoms with Gasteiger partial charge in [-0.1, -0.05) is 13.8 Å². The average Bonchev–Trinajstić information content (AvgIpc) is 2.49. The zero-order valence-corrected chi connectivity index (χ0v) is 14.5. The number of benzene rings is 1. The molecular weight excluding hydrogens is 308 g/mol. The van der Waals surface area contributed by atoms with Crippen molar-refractivity contribution in [3.63, 3.8) is 0 Å². The fraction of sp³-hybridized carbons (Fsp3) is 0.353. The van der Waals surface area contributed by atoms with Crippen molar-refractivity contribution in [2.75, 3.05) is 18.2 Å². The van der Waals surface area contributed by atoms with E-state index in [2.05, 4.69) is 15.3 Å². The lowest BCUT2D eigenvalue weighted by molar-refractivity contribution is -0.114. The summed E-state index contributed by atoms with van der Waals surface area (Å²) in [7, 11) is 1.55. The van der Waals surface area contributed by atoms with Crippen LogP contribution in [0.25, 0.3) is 0 Å². The highest BCUT2D eigenvalue weighted by Crippen LogP contribution is 2.39. The summed E-state index contributed by atoms with van der Waals surface area (Å²) in [5.41, 5.74) is 7.34. The van der Waals surface area contributed by atoms with Crippen LogP contribution in [0.5, 0.6) is 17.2 Å². The molecule has 7 heteroatoms. The first-order chi connectivity index (χ1) is 11.3. The SMILES string of the molecule is COc1cc(C(C)C)c(Oc2cnc(C)nc2N)cc1NC(C)=O. The number of rotatable bonds is 5. The summed E-state index contributed by atoms with van der Waals surface area (Å²) in [4.78, 5) is 19.6. The third-order valence-electron chi connectivity index (χ3n) is 3.39. The molecule has 0 fully saturated rings. The second kappa shape index (κ2) is 7.16. The number of nitrogen functional groups attached to an aromatic ring is 1. The number of methoxy groups -OCH3 is 1. The number of carbonyl (C=O) groups excluding carboxylic acids is 1. The predicted octanol–water partition coefficient (Wildman–Crippen LogP) is 3.25. The summed E-state index contributed by atoms with van der Waals surface area (Å²) in [5, 5.41) is 2.73. The van der Waals surface area contributed by atoms with Crippen LogP contribution in [-0.4, -0.2) is 23.0 Å². The van der Waals surface area contributed by atoms with E-state index >= 15 is 0 Å². The number of hydrogen-bond donors (Lipinski definition) is 2. The molecule has 2 rings (SSSR count). The Morgan fingerprint density at radius 2 is 1.96 bits per heavy atom. The lowest BCUT2D eigenvalue weighted by atomic mass is 10.0. The minimum Gasteiger partial charge on any atom is -0.495 e. The maximum absolute atomic E-state index is 11.4. The Kier molecular flexibility index (Phi) is 5.23. The van der Waals surface area contributed by atoms with Crippen LogP contribution in [0.3, 0.4) is 0 Å². The number of hydrogen-bond acceptors (Lipinski definition) is 6. The normalized spacial score (nSPS) is 10.6. The predicted molar refractivity (Wildman–Crippen MR) is 92.6 cm³/mol. The smallest absolute Gasteiger partial charge is 0.221 e. The Labute approximate surface area is 141 Å². The second-order valence-electron chi connectivity index (χ2n) is 5.69. The Bertz CT molecular complexity index is 760. The molecule has 0 saturated carbocycles. The monoisotopic (exact) mass is 330 g/mol. The topological polar surface area (TPSA) is 99.4 Å². The molecule has 0 radical (unpaired) electrons. The van der Waals surface area contributed by atoms with Crippen molar-refractivity contribution in [3.05, 3.63) is 29.7 Å². The number of nitrogens with zero attached hydrogens (tertiary/aromatic N) is 2. The van der Waals surface area contributed by atoms with E-state index in [1.165, 1.54) is 13.1 Å². The summed E-state index contributed by atoms with van der Waals surface area (Å²) >= 11 is 0. The Hall–Kier alpha value is -2.83. The van der Waals surface area contributed by atoms with Crippen LogP contribution < -0.4 is 20.5 Å². The van der Waals surface area contributed by atoms with Crippen molar-refractivity contribution < 1.29 is 14.3 Å². The van der Waals surface area contributed by atoms with Gasteiger partial charge in [0, 0.05) is 18.6 Å². The maximum Gasteiger partial charge on any atom is 0.221 e. The fourth-order valence-electron chi connectivity index (χ4n) is 2.25. The summed E-state index contributed by atoms with van der Waals surface area (Å²) in [6, 6.07) is 3.56. The van der Waals surface area contributed by atoms with E-state index in [9.17, 15) is 4.79 Å². The molecule has 0 aliphatic heterocycles. The number of ether oxygens (including phenoxy) is 2. The van der Waals surface area contributed by atoms with Crippen molar-refractivity contribution in [1.29, 1.82) is 0 Å².